The molecule has 0 aliphatic heterocycles. The predicted octanol–water partition coefficient (Wildman–Crippen LogP) is 3.45. The van der Waals surface area contributed by atoms with Gasteiger partial charge in [-0.3, -0.25) is 5.84 Å². The average molecular weight is 296 g/mol. The number of ether oxygens (including phenoxy) is 1. The van der Waals surface area contributed by atoms with Crippen molar-refractivity contribution in [3.63, 3.8) is 0 Å². The summed E-state index contributed by atoms with van der Waals surface area (Å²) in [5.74, 6) is 5.33. The van der Waals surface area contributed by atoms with Gasteiger partial charge in [0.25, 0.3) is 0 Å². The molecule has 0 fully saturated rings. The molecule has 0 aromatic heterocycles. The first-order valence-electron chi connectivity index (χ1n) is 6.28. The fourth-order valence-corrected chi connectivity index (χ4v) is 2.14. The summed E-state index contributed by atoms with van der Waals surface area (Å²) < 4.78 is 40.2. The highest BCUT2D eigenvalue weighted by molar-refractivity contribution is 5.38. The first kappa shape index (κ1) is 15.3. The first-order valence-corrected chi connectivity index (χ1v) is 6.28. The highest BCUT2D eigenvalue weighted by Crippen LogP contribution is 2.27. The molecule has 1 atom stereocenters. The second kappa shape index (κ2) is 6.15. The first-order chi connectivity index (χ1) is 9.90. The van der Waals surface area contributed by atoms with Gasteiger partial charge in [-0.25, -0.2) is 5.43 Å². The fraction of sp³-hybridized carbons (Fsp3) is 0.200. The van der Waals surface area contributed by atoms with E-state index in [-0.39, 0.29) is 11.8 Å². The van der Waals surface area contributed by atoms with Gasteiger partial charge in [0.05, 0.1) is 6.04 Å². The number of hydrogen-bond donors (Lipinski definition) is 2. The third-order valence-electron chi connectivity index (χ3n) is 3.11. The zero-order valence-corrected chi connectivity index (χ0v) is 11.3. The molecule has 0 heterocycles. The van der Waals surface area contributed by atoms with Crippen molar-refractivity contribution in [2.24, 2.45) is 5.84 Å². The molecule has 2 aromatic rings. The van der Waals surface area contributed by atoms with Crippen molar-refractivity contribution in [1.29, 1.82) is 0 Å². The molecule has 2 aromatic carbocycles. The molecule has 21 heavy (non-hydrogen) atoms. The third kappa shape index (κ3) is 3.96. The Kier molecular flexibility index (Phi) is 4.50. The van der Waals surface area contributed by atoms with Gasteiger partial charge in [-0.1, -0.05) is 36.4 Å². The zero-order valence-electron chi connectivity index (χ0n) is 11.3. The van der Waals surface area contributed by atoms with Crippen molar-refractivity contribution in [2.75, 3.05) is 0 Å². The topological polar surface area (TPSA) is 47.3 Å². The van der Waals surface area contributed by atoms with E-state index in [9.17, 15) is 13.2 Å². The number of halogens is 3. The summed E-state index contributed by atoms with van der Waals surface area (Å²) in [7, 11) is 0. The Morgan fingerprint density at radius 1 is 1.05 bits per heavy atom. The van der Waals surface area contributed by atoms with Crippen molar-refractivity contribution in [2.45, 2.75) is 19.3 Å². The molecular formula is C15H15F3N2O. The number of aryl methyl sites for hydroxylation is 1. The SMILES string of the molecule is Cc1ccccc1C(NN)c1ccc(OC(F)(F)F)cc1. The van der Waals surface area contributed by atoms with Crippen LogP contribution in [-0.4, -0.2) is 6.36 Å². The molecule has 0 aliphatic rings. The lowest BCUT2D eigenvalue weighted by Crippen LogP contribution is -2.29. The Balaban J connectivity index is 2.26. The van der Waals surface area contributed by atoms with Gasteiger partial charge in [0.15, 0.2) is 0 Å². The van der Waals surface area contributed by atoms with E-state index in [0.717, 1.165) is 16.7 Å². The molecule has 0 spiro atoms. The average Bonchev–Trinajstić information content (AvgIpc) is 2.42. The van der Waals surface area contributed by atoms with E-state index in [2.05, 4.69) is 10.2 Å². The smallest absolute Gasteiger partial charge is 0.406 e. The van der Waals surface area contributed by atoms with Crippen LogP contribution in [-0.2, 0) is 0 Å². The van der Waals surface area contributed by atoms with Crippen molar-refractivity contribution < 1.29 is 17.9 Å². The lowest BCUT2D eigenvalue weighted by molar-refractivity contribution is -0.274. The van der Waals surface area contributed by atoms with Gasteiger partial charge in [-0.2, -0.15) is 0 Å². The van der Waals surface area contributed by atoms with Crippen LogP contribution < -0.4 is 16.0 Å². The van der Waals surface area contributed by atoms with E-state index in [1.54, 1.807) is 12.1 Å². The Morgan fingerprint density at radius 3 is 2.19 bits per heavy atom. The minimum Gasteiger partial charge on any atom is -0.406 e. The molecule has 0 radical (unpaired) electrons. The van der Waals surface area contributed by atoms with Gasteiger partial charge in [0.1, 0.15) is 5.75 Å². The summed E-state index contributed by atoms with van der Waals surface area (Å²) in [6.07, 6.45) is -4.69. The van der Waals surface area contributed by atoms with Crippen LogP contribution in [0.25, 0.3) is 0 Å². The molecule has 3 N–H and O–H groups in total. The number of alkyl halides is 3. The number of benzene rings is 2. The maximum atomic E-state index is 12.1. The summed E-state index contributed by atoms with van der Waals surface area (Å²) in [5, 5.41) is 0. The molecule has 0 saturated carbocycles. The number of hydrogen-bond acceptors (Lipinski definition) is 3. The van der Waals surface area contributed by atoms with Gasteiger partial charge < -0.3 is 4.74 Å². The Hall–Kier alpha value is -2.05. The quantitative estimate of drug-likeness (QED) is 0.671. The highest BCUT2D eigenvalue weighted by Gasteiger charge is 2.31. The van der Waals surface area contributed by atoms with Gasteiger partial charge in [-0.05, 0) is 35.7 Å². The molecule has 2 rings (SSSR count). The second-order valence-corrected chi connectivity index (χ2v) is 4.57. The lowest BCUT2D eigenvalue weighted by atomic mass is 9.95. The minimum atomic E-state index is -4.69. The van der Waals surface area contributed by atoms with Gasteiger partial charge in [-0.15, -0.1) is 13.2 Å². The van der Waals surface area contributed by atoms with Gasteiger partial charge >= 0.3 is 6.36 Å². The van der Waals surface area contributed by atoms with Crippen LogP contribution in [0.2, 0.25) is 0 Å². The summed E-state index contributed by atoms with van der Waals surface area (Å²) in [6, 6.07) is 13.0. The summed E-state index contributed by atoms with van der Waals surface area (Å²) in [5.41, 5.74) is 5.43. The number of hydrazine groups is 1. The van der Waals surface area contributed by atoms with E-state index in [1.165, 1.54) is 12.1 Å². The highest BCUT2D eigenvalue weighted by atomic mass is 19.4. The van der Waals surface area contributed by atoms with E-state index in [1.807, 2.05) is 31.2 Å². The molecule has 0 amide bonds. The largest absolute Gasteiger partial charge is 0.573 e. The van der Waals surface area contributed by atoms with Gasteiger partial charge in [0.2, 0.25) is 0 Å². The van der Waals surface area contributed by atoms with Crippen LogP contribution >= 0.6 is 0 Å². The summed E-state index contributed by atoms with van der Waals surface area (Å²) >= 11 is 0. The lowest BCUT2D eigenvalue weighted by Gasteiger charge is -2.19. The predicted molar refractivity (Wildman–Crippen MR) is 73.5 cm³/mol. The normalized spacial score (nSPS) is 13.0. The van der Waals surface area contributed by atoms with E-state index in [4.69, 9.17) is 5.84 Å². The monoisotopic (exact) mass is 296 g/mol. The van der Waals surface area contributed by atoms with Crippen LogP contribution in [0.4, 0.5) is 13.2 Å². The molecule has 1 unspecified atom stereocenters. The van der Waals surface area contributed by atoms with E-state index in [0.29, 0.717) is 0 Å². The van der Waals surface area contributed by atoms with Crippen LogP contribution in [0.5, 0.6) is 5.75 Å². The Bertz CT molecular complexity index is 597. The van der Waals surface area contributed by atoms with Crippen LogP contribution in [0, 0.1) is 6.92 Å². The number of nitrogens with one attached hydrogen (secondary N) is 1. The molecule has 0 saturated heterocycles. The summed E-state index contributed by atoms with van der Waals surface area (Å²) in [4.78, 5) is 0. The van der Waals surface area contributed by atoms with Crippen LogP contribution in [0.15, 0.2) is 48.5 Å². The van der Waals surface area contributed by atoms with Gasteiger partial charge in [0, 0.05) is 0 Å². The van der Waals surface area contributed by atoms with Crippen molar-refractivity contribution in [1.82, 2.24) is 5.43 Å². The standard InChI is InChI=1S/C15H15F3N2O/c1-10-4-2-3-5-13(10)14(20-19)11-6-8-12(9-7-11)21-15(16,17)18/h2-9,14,20H,19H2,1H3. The van der Waals surface area contributed by atoms with Crippen molar-refractivity contribution in [3.8, 4) is 5.75 Å². The van der Waals surface area contributed by atoms with E-state index >= 15 is 0 Å². The molecule has 0 bridgehead atoms. The molecular weight excluding hydrogens is 281 g/mol. The Morgan fingerprint density at radius 2 is 1.67 bits per heavy atom. The molecule has 0 aliphatic carbocycles. The van der Waals surface area contributed by atoms with E-state index < -0.39 is 6.36 Å². The number of nitrogens with two attached hydrogens (primary N) is 1. The molecule has 6 heteroatoms. The number of rotatable bonds is 4. The Labute approximate surface area is 120 Å². The van der Waals surface area contributed by atoms with Crippen molar-refractivity contribution >= 4 is 0 Å². The molecule has 3 nitrogen and oxygen atoms in total. The summed E-state index contributed by atoms with van der Waals surface area (Å²) in [6.45, 7) is 1.95. The molecule has 112 valence electrons. The second-order valence-electron chi connectivity index (χ2n) is 4.57. The maximum absolute atomic E-state index is 12.1. The minimum absolute atomic E-state index is 0.258. The third-order valence-corrected chi connectivity index (χ3v) is 3.11. The fourth-order valence-electron chi connectivity index (χ4n) is 2.14. The van der Waals surface area contributed by atoms with Crippen molar-refractivity contribution in [3.05, 3.63) is 65.2 Å². The van der Waals surface area contributed by atoms with Crippen LogP contribution in [0.3, 0.4) is 0 Å². The maximum Gasteiger partial charge on any atom is 0.573 e. The zero-order chi connectivity index (χ0) is 15.5. The van der Waals surface area contributed by atoms with Crippen LogP contribution in [0.1, 0.15) is 22.7 Å².